The van der Waals surface area contributed by atoms with Gasteiger partial charge in [0.1, 0.15) is 5.82 Å². The van der Waals surface area contributed by atoms with E-state index in [4.69, 9.17) is 11.6 Å². The third-order valence-corrected chi connectivity index (χ3v) is 3.47. The van der Waals surface area contributed by atoms with E-state index in [1.165, 1.54) is 30.0 Å². The van der Waals surface area contributed by atoms with E-state index in [2.05, 4.69) is 5.32 Å². The maximum Gasteiger partial charge on any atom is 0.254 e. The number of nitrogens with zero attached hydrogens (tertiary/aromatic N) is 1. The summed E-state index contributed by atoms with van der Waals surface area (Å²) in [6.07, 6.45) is 0. The largest absolute Gasteiger partial charge is 0.350 e. The lowest BCUT2D eigenvalue weighted by Crippen LogP contribution is -2.37. The van der Waals surface area contributed by atoms with Gasteiger partial charge in [-0.15, -0.1) is 0 Å². The SMILES string of the molecule is CC(=O)N(CCNC(=O)c1ccccc1F)c1cccc(Cl)c1. The van der Waals surface area contributed by atoms with E-state index in [-0.39, 0.29) is 24.6 Å². The van der Waals surface area contributed by atoms with Crippen molar-refractivity contribution in [1.29, 1.82) is 0 Å². The van der Waals surface area contributed by atoms with Crippen LogP contribution in [0.4, 0.5) is 10.1 Å². The number of hydrogen-bond donors (Lipinski definition) is 1. The number of hydrogen-bond acceptors (Lipinski definition) is 2. The fraction of sp³-hybridized carbons (Fsp3) is 0.176. The van der Waals surface area contributed by atoms with Crippen LogP contribution in [0.3, 0.4) is 0 Å². The molecule has 2 aromatic rings. The van der Waals surface area contributed by atoms with Crippen molar-refractivity contribution in [2.75, 3.05) is 18.0 Å². The lowest BCUT2D eigenvalue weighted by atomic mass is 10.2. The number of carbonyl (C=O) groups is 2. The van der Waals surface area contributed by atoms with Crippen molar-refractivity contribution >= 4 is 29.1 Å². The molecule has 0 radical (unpaired) electrons. The molecule has 0 saturated carbocycles. The minimum Gasteiger partial charge on any atom is -0.350 e. The Morgan fingerprint density at radius 2 is 1.91 bits per heavy atom. The van der Waals surface area contributed by atoms with Gasteiger partial charge in [0.15, 0.2) is 0 Å². The van der Waals surface area contributed by atoms with Crippen molar-refractivity contribution in [3.05, 3.63) is 64.9 Å². The van der Waals surface area contributed by atoms with Gasteiger partial charge in [-0.2, -0.15) is 0 Å². The first kappa shape index (κ1) is 17.0. The summed E-state index contributed by atoms with van der Waals surface area (Å²) >= 11 is 5.93. The van der Waals surface area contributed by atoms with E-state index >= 15 is 0 Å². The molecule has 120 valence electrons. The maximum atomic E-state index is 13.5. The van der Waals surface area contributed by atoms with Gasteiger partial charge in [0, 0.05) is 30.7 Å². The van der Waals surface area contributed by atoms with Crippen LogP contribution in [0, 0.1) is 5.82 Å². The summed E-state index contributed by atoms with van der Waals surface area (Å²) < 4.78 is 13.5. The standard InChI is InChI=1S/C17H16ClFN2O2/c1-12(22)21(14-6-4-5-13(18)11-14)10-9-20-17(23)15-7-2-3-8-16(15)19/h2-8,11H,9-10H2,1H3,(H,20,23). The van der Waals surface area contributed by atoms with Crippen LogP contribution in [-0.2, 0) is 4.79 Å². The van der Waals surface area contributed by atoms with E-state index in [0.717, 1.165) is 0 Å². The minimum atomic E-state index is -0.580. The van der Waals surface area contributed by atoms with E-state index in [9.17, 15) is 14.0 Å². The molecule has 0 heterocycles. The van der Waals surface area contributed by atoms with Gasteiger partial charge >= 0.3 is 0 Å². The molecule has 4 nitrogen and oxygen atoms in total. The molecule has 0 unspecified atom stereocenters. The van der Waals surface area contributed by atoms with E-state index in [1.54, 1.807) is 30.3 Å². The first-order chi connectivity index (χ1) is 11.0. The van der Waals surface area contributed by atoms with Crippen LogP contribution in [0.5, 0.6) is 0 Å². The van der Waals surface area contributed by atoms with Gasteiger partial charge in [0.2, 0.25) is 5.91 Å². The predicted molar refractivity (Wildman–Crippen MR) is 88.2 cm³/mol. The molecule has 6 heteroatoms. The van der Waals surface area contributed by atoms with Gasteiger partial charge in [-0.05, 0) is 30.3 Å². The molecule has 2 rings (SSSR count). The lowest BCUT2D eigenvalue weighted by molar-refractivity contribution is -0.116. The molecular weight excluding hydrogens is 319 g/mol. The highest BCUT2D eigenvalue weighted by Crippen LogP contribution is 2.19. The molecule has 0 aliphatic carbocycles. The van der Waals surface area contributed by atoms with Gasteiger partial charge in [-0.3, -0.25) is 9.59 Å². The Kier molecular flexibility index (Phi) is 5.71. The molecular formula is C17H16ClFN2O2. The van der Waals surface area contributed by atoms with Gasteiger partial charge in [-0.25, -0.2) is 4.39 Å². The smallest absolute Gasteiger partial charge is 0.254 e. The second-order valence-corrected chi connectivity index (χ2v) is 5.32. The van der Waals surface area contributed by atoms with Crippen LogP contribution in [0.2, 0.25) is 5.02 Å². The molecule has 0 fully saturated rings. The normalized spacial score (nSPS) is 10.2. The summed E-state index contributed by atoms with van der Waals surface area (Å²) in [5.74, 6) is -1.27. The average molecular weight is 335 g/mol. The number of carbonyl (C=O) groups excluding carboxylic acids is 2. The van der Waals surface area contributed by atoms with Crippen LogP contribution in [0.25, 0.3) is 0 Å². The molecule has 0 spiro atoms. The second kappa shape index (κ2) is 7.74. The molecule has 0 aromatic heterocycles. The Labute approximate surface area is 138 Å². The fourth-order valence-corrected chi connectivity index (χ4v) is 2.32. The van der Waals surface area contributed by atoms with Crippen LogP contribution in [-0.4, -0.2) is 24.9 Å². The quantitative estimate of drug-likeness (QED) is 0.912. The van der Waals surface area contributed by atoms with Crippen molar-refractivity contribution in [1.82, 2.24) is 5.32 Å². The second-order valence-electron chi connectivity index (χ2n) is 4.89. The highest BCUT2D eigenvalue weighted by atomic mass is 35.5. The van der Waals surface area contributed by atoms with E-state index in [1.807, 2.05) is 0 Å². The zero-order valence-corrected chi connectivity index (χ0v) is 13.3. The zero-order chi connectivity index (χ0) is 16.8. The number of amides is 2. The third-order valence-electron chi connectivity index (χ3n) is 3.24. The highest BCUT2D eigenvalue weighted by Gasteiger charge is 2.14. The van der Waals surface area contributed by atoms with Crippen LogP contribution in [0.1, 0.15) is 17.3 Å². The summed E-state index contributed by atoms with van der Waals surface area (Å²) in [5.41, 5.74) is 0.620. The Hall–Kier alpha value is -2.40. The van der Waals surface area contributed by atoms with Crippen molar-refractivity contribution in [3.8, 4) is 0 Å². The van der Waals surface area contributed by atoms with Crippen LogP contribution in [0.15, 0.2) is 48.5 Å². The lowest BCUT2D eigenvalue weighted by Gasteiger charge is -2.21. The summed E-state index contributed by atoms with van der Waals surface area (Å²) in [5, 5.41) is 3.12. The Morgan fingerprint density at radius 3 is 2.57 bits per heavy atom. The first-order valence-corrected chi connectivity index (χ1v) is 7.43. The Balaban J connectivity index is 1.99. The van der Waals surface area contributed by atoms with E-state index in [0.29, 0.717) is 10.7 Å². The molecule has 2 amide bonds. The summed E-state index contributed by atoms with van der Waals surface area (Å²) in [7, 11) is 0. The number of benzene rings is 2. The molecule has 0 aliphatic rings. The van der Waals surface area contributed by atoms with Gasteiger partial charge < -0.3 is 10.2 Å². The van der Waals surface area contributed by atoms with Gasteiger partial charge in [-0.1, -0.05) is 29.8 Å². The number of nitrogens with one attached hydrogen (secondary N) is 1. The summed E-state index contributed by atoms with van der Waals surface area (Å²) in [6.45, 7) is 1.88. The van der Waals surface area contributed by atoms with Crippen molar-refractivity contribution in [3.63, 3.8) is 0 Å². The Morgan fingerprint density at radius 1 is 1.17 bits per heavy atom. The molecule has 23 heavy (non-hydrogen) atoms. The highest BCUT2D eigenvalue weighted by molar-refractivity contribution is 6.30. The van der Waals surface area contributed by atoms with Crippen molar-refractivity contribution in [2.24, 2.45) is 0 Å². The van der Waals surface area contributed by atoms with Crippen molar-refractivity contribution in [2.45, 2.75) is 6.92 Å². The molecule has 2 aromatic carbocycles. The topological polar surface area (TPSA) is 49.4 Å². The maximum absolute atomic E-state index is 13.5. The number of rotatable bonds is 5. The predicted octanol–water partition coefficient (Wildman–Crippen LogP) is 3.26. The fourth-order valence-electron chi connectivity index (χ4n) is 2.13. The monoisotopic (exact) mass is 334 g/mol. The minimum absolute atomic E-state index is 0.0235. The number of halogens is 2. The molecule has 1 N–H and O–H groups in total. The molecule has 0 bridgehead atoms. The van der Waals surface area contributed by atoms with Crippen molar-refractivity contribution < 1.29 is 14.0 Å². The molecule has 0 aliphatic heterocycles. The number of anilines is 1. The summed E-state index contributed by atoms with van der Waals surface area (Å²) in [4.78, 5) is 25.2. The van der Waals surface area contributed by atoms with Gasteiger partial charge in [0.05, 0.1) is 5.56 Å². The first-order valence-electron chi connectivity index (χ1n) is 7.05. The third kappa shape index (κ3) is 4.53. The Bertz CT molecular complexity index is 721. The van der Waals surface area contributed by atoms with Crippen LogP contribution < -0.4 is 10.2 Å². The summed E-state index contributed by atoms with van der Waals surface area (Å²) in [6, 6.07) is 12.6. The molecule has 0 saturated heterocycles. The van der Waals surface area contributed by atoms with E-state index < -0.39 is 11.7 Å². The average Bonchev–Trinajstić information content (AvgIpc) is 2.51. The van der Waals surface area contributed by atoms with Gasteiger partial charge in [0.25, 0.3) is 5.91 Å². The zero-order valence-electron chi connectivity index (χ0n) is 12.6. The van der Waals surface area contributed by atoms with Crippen LogP contribution >= 0.6 is 11.6 Å². The molecule has 0 atom stereocenters.